The Morgan fingerprint density at radius 2 is 1.33 bits per heavy atom. The number of benzene rings is 3. The lowest BCUT2D eigenvalue weighted by molar-refractivity contribution is -0.156. The molecular formula is C32H34F3N5O3. The highest BCUT2D eigenvalue weighted by Crippen LogP contribution is 2.36. The number of carbonyl (C=O) groups excluding carboxylic acids is 2. The fourth-order valence-electron chi connectivity index (χ4n) is 4.65. The maximum atomic E-state index is 13.8. The van der Waals surface area contributed by atoms with Gasteiger partial charge in [-0.1, -0.05) is 74.5 Å². The van der Waals surface area contributed by atoms with Crippen molar-refractivity contribution in [2.45, 2.75) is 64.8 Å². The van der Waals surface area contributed by atoms with E-state index >= 15 is 0 Å². The Balaban J connectivity index is 1.51. The Kier molecular flexibility index (Phi) is 8.39. The summed E-state index contributed by atoms with van der Waals surface area (Å²) in [5.41, 5.74) is 8.27. The van der Waals surface area contributed by atoms with Crippen LogP contribution in [0.2, 0.25) is 0 Å². The van der Waals surface area contributed by atoms with E-state index in [0.29, 0.717) is 5.82 Å². The number of rotatable bonds is 7. The number of nitrogens with one attached hydrogen (secondary N) is 1. The Labute approximate surface area is 248 Å². The van der Waals surface area contributed by atoms with Crippen LogP contribution in [0.3, 0.4) is 0 Å². The van der Waals surface area contributed by atoms with Gasteiger partial charge in [0, 0.05) is 5.41 Å². The van der Waals surface area contributed by atoms with E-state index in [1.54, 1.807) is 44.5 Å². The highest BCUT2D eigenvalue weighted by Gasteiger charge is 2.42. The SMILES string of the molecule is Cc1nc(C(N)=O)nn1-c1ccc(C(C)(C)c2ccc(-c3ccc(C(NC(=O)OC(C)(C)C)C(F)(F)F)cc3)cc2)cc1. The molecule has 4 rings (SSSR count). The number of alkyl halides is 3. The lowest BCUT2D eigenvalue weighted by Gasteiger charge is -2.27. The molecule has 43 heavy (non-hydrogen) atoms. The minimum atomic E-state index is -4.70. The van der Waals surface area contributed by atoms with Crippen molar-refractivity contribution in [2.24, 2.45) is 5.73 Å². The molecule has 4 aromatic rings. The predicted molar refractivity (Wildman–Crippen MR) is 157 cm³/mol. The molecule has 3 N–H and O–H groups in total. The molecule has 2 amide bonds. The van der Waals surface area contributed by atoms with Crippen molar-refractivity contribution in [2.75, 3.05) is 0 Å². The molecule has 0 aliphatic carbocycles. The molecule has 11 heteroatoms. The van der Waals surface area contributed by atoms with Crippen LogP contribution in [0.5, 0.6) is 0 Å². The molecule has 3 aromatic carbocycles. The number of aromatic nitrogens is 3. The summed E-state index contributed by atoms with van der Waals surface area (Å²) in [7, 11) is 0. The molecule has 0 saturated carbocycles. The average Bonchev–Trinajstić information content (AvgIpc) is 3.32. The molecule has 0 bridgehead atoms. The lowest BCUT2D eigenvalue weighted by atomic mass is 9.78. The molecule has 0 fully saturated rings. The van der Waals surface area contributed by atoms with Gasteiger partial charge in [0.15, 0.2) is 6.04 Å². The molecule has 0 saturated heterocycles. The number of aryl methyl sites for hydroxylation is 1. The molecule has 8 nitrogen and oxygen atoms in total. The van der Waals surface area contributed by atoms with Crippen molar-refractivity contribution in [3.63, 3.8) is 0 Å². The number of ether oxygens (including phenoxy) is 1. The monoisotopic (exact) mass is 593 g/mol. The third-order valence-corrected chi connectivity index (χ3v) is 7.00. The summed E-state index contributed by atoms with van der Waals surface area (Å²) in [5, 5.41) is 6.11. The topological polar surface area (TPSA) is 112 Å². The minimum absolute atomic E-state index is 0.0470. The van der Waals surface area contributed by atoms with Gasteiger partial charge in [0.05, 0.1) is 5.69 Å². The van der Waals surface area contributed by atoms with E-state index in [-0.39, 0.29) is 16.8 Å². The van der Waals surface area contributed by atoms with Gasteiger partial charge >= 0.3 is 12.3 Å². The summed E-state index contributed by atoms with van der Waals surface area (Å²) in [6.45, 7) is 10.7. The van der Waals surface area contributed by atoms with Gasteiger partial charge in [-0.25, -0.2) is 14.5 Å². The number of halogens is 3. The zero-order valence-electron chi connectivity index (χ0n) is 24.8. The van der Waals surface area contributed by atoms with Gasteiger partial charge in [0.2, 0.25) is 5.82 Å². The van der Waals surface area contributed by atoms with Crippen molar-refractivity contribution < 1.29 is 27.5 Å². The van der Waals surface area contributed by atoms with Crippen LogP contribution in [0.15, 0.2) is 72.8 Å². The second-order valence-corrected chi connectivity index (χ2v) is 11.8. The summed E-state index contributed by atoms with van der Waals surface area (Å²) in [6, 6.07) is 19.3. The molecule has 1 heterocycles. The molecule has 1 atom stereocenters. The number of nitrogens with zero attached hydrogens (tertiary/aromatic N) is 3. The van der Waals surface area contributed by atoms with Crippen LogP contribution in [0, 0.1) is 6.92 Å². The summed E-state index contributed by atoms with van der Waals surface area (Å²) in [4.78, 5) is 27.6. The molecule has 0 aliphatic heterocycles. The van der Waals surface area contributed by atoms with Crippen LogP contribution in [0.4, 0.5) is 18.0 Å². The number of carbonyl (C=O) groups is 2. The zero-order valence-corrected chi connectivity index (χ0v) is 24.8. The number of alkyl carbamates (subject to hydrolysis) is 1. The summed E-state index contributed by atoms with van der Waals surface area (Å²) >= 11 is 0. The van der Waals surface area contributed by atoms with Crippen molar-refractivity contribution in [3.05, 3.63) is 101 Å². The first-order chi connectivity index (χ1) is 20.0. The Morgan fingerprint density at radius 3 is 1.77 bits per heavy atom. The van der Waals surface area contributed by atoms with Gasteiger partial charge in [-0.15, -0.1) is 5.10 Å². The highest BCUT2D eigenvalue weighted by molar-refractivity contribution is 5.88. The molecule has 0 aliphatic rings. The first kappa shape index (κ1) is 31.3. The summed E-state index contributed by atoms with van der Waals surface area (Å²) in [5.74, 6) is -0.202. The van der Waals surface area contributed by atoms with Gasteiger partial charge in [-0.05, 0) is 67.6 Å². The Hall–Kier alpha value is -4.67. The first-order valence-electron chi connectivity index (χ1n) is 13.6. The largest absolute Gasteiger partial charge is 0.444 e. The van der Waals surface area contributed by atoms with Crippen molar-refractivity contribution in [1.82, 2.24) is 20.1 Å². The van der Waals surface area contributed by atoms with E-state index < -0.39 is 29.8 Å². The number of amides is 2. The van der Waals surface area contributed by atoms with Crippen molar-refractivity contribution >= 4 is 12.0 Å². The van der Waals surface area contributed by atoms with E-state index in [0.717, 1.165) is 27.9 Å². The number of nitrogens with two attached hydrogens (primary N) is 1. The maximum Gasteiger partial charge on any atom is 0.412 e. The Morgan fingerprint density at radius 1 is 0.837 bits per heavy atom. The van der Waals surface area contributed by atoms with E-state index in [1.165, 1.54) is 12.1 Å². The molecule has 1 aromatic heterocycles. The minimum Gasteiger partial charge on any atom is -0.444 e. The fourth-order valence-corrected chi connectivity index (χ4v) is 4.65. The molecular weight excluding hydrogens is 559 g/mol. The quantitative estimate of drug-likeness (QED) is 0.245. The molecule has 0 radical (unpaired) electrons. The van der Waals surface area contributed by atoms with Crippen molar-refractivity contribution in [3.8, 4) is 16.8 Å². The smallest absolute Gasteiger partial charge is 0.412 e. The number of hydrogen-bond acceptors (Lipinski definition) is 5. The lowest BCUT2D eigenvalue weighted by Crippen LogP contribution is -2.41. The van der Waals surface area contributed by atoms with Crippen molar-refractivity contribution in [1.29, 1.82) is 0 Å². The third-order valence-electron chi connectivity index (χ3n) is 7.00. The van der Waals surface area contributed by atoms with Gasteiger partial charge < -0.3 is 15.8 Å². The summed E-state index contributed by atoms with van der Waals surface area (Å²) < 4.78 is 47.9. The standard InChI is InChI=1S/C32H34F3N5O3/c1-19-37-28(27(36)41)39-40(19)25-17-15-24(16-18-25)31(5,6)23-13-11-21(12-14-23)20-7-9-22(10-8-20)26(32(33,34)35)38-29(42)43-30(2,3)4/h7-18,26H,1-6H3,(H2,36,41)(H,38,42). The van der Waals surface area contributed by atoms with Gasteiger partial charge in [-0.2, -0.15) is 13.2 Å². The van der Waals surface area contributed by atoms with E-state index in [1.807, 2.05) is 53.8 Å². The number of primary amides is 1. The van der Waals surface area contributed by atoms with Crippen LogP contribution in [0.25, 0.3) is 16.8 Å². The second-order valence-electron chi connectivity index (χ2n) is 11.8. The number of hydrogen-bond donors (Lipinski definition) is 2. The second kappa shape index (κ2) is 11.5. The van der Waals surface area contributed by atoms with Gasteiger partial charge in [0.25, 0.3) is 5.91 Å². The Bertz CT molecular complexity index is 1600. The third kappa shape index (κ3) is 7.22. The first-order valence-corrected chi connectivity index (χ1v) is 13.6. The predicted octanol–water partition coefficient (Wildman–Crippen LogP) is 6.80. The van der Waals surface area contributed by atoms with Crippen LogP contribution in [-0.2, 0) is 10.2 Å². The van der Waals surface area contributed by atoms with E-state index in [4.69, 9.17) is 10.5 Å². The molecule has 226 valence electrons. The summed E-state index contributed by atoms with van der Waals surface area (Å²) in [6.07, 6.45) is -5.85. The molecule has 1 unspecified atom stereocenters. The van der Waals surface area contributed by atoms with E-state index in [2.05, 4.69) is 23.9 Å². The fraction of sp³-hybridized carbons (Fsp3) is 0.312. The van der Waals surface area contributed by atoms with Crippen LogP contribution < -0.4 is 11.1 Å². The normalized spacial score (nSPS) is 13.0. The van der Waals surface area contributed by atoms with Gasteiger partial charge in [0.1, 0.15) is 11.4 Å². The maximum absolute atomic E-state index is 13.8. The zero-order chi connectivity index (χ0) is 31.7. The van der Waals surface area contributed by atoms with Crippen LogP contribution in [-0.4, -0.2) is 38.5 Å². The molecule has 0 spiro atoms. The van der Waals surface area contributed by atoms with E-state index in [9.17, 15) is 22.8 Å². The van der Waals surface area contributed by atoms with Crippen LogP contribution >= 0.6 is 0 Å². The average molecular weight is 594 g/mol. The van der Waals surface area contributed by atoms with Crippen LogP contribution in [0.1, 0.15) is 73.8 Å². The highest BCUT2D eigenvalue weighted by atomic mass is 19.4. The van der Waals surface area contributed by atoms with Gasteiger partial charge in [-0.3, -0.25) is 4.79 Å².